The zero-order valence-electron chi connectivity index (χ0n) is 10.7. The van der Waals surface area contributed by atoms with Crippen molar-refractivity contribution in [1.29, 1.82) is 0 Å². The quantitative estimate of drug-likeness (QED) is 0.819. The maximum absolute atomic E-state index is 12.2. The molecular formula is C13H14N2O4. The Labute approximate surface area is 108 Å². The van der Waals surface area contributed by atoms with Crippen molar-refractivity contribution in [1.82, 2.24) is 9.55 Å². The Balaban J connectivity index is 2.59. The first-order valence-electron chi connectivity index (χ1n) is 5.92. The summed E-state index contributed by atoms with van der Waals surface area (Å²) in [5, 5.41) is 0.379. The van der Waals surface area contributed by atoms with Crippen LogP contribution in [-0.2, 0) is 16.1 Å². The maximum atomic E-state index is 12.2. The van der Waals surface area contributed by atoms with Gasteiger partial charge in [-0.1, -0.05) is 11.6 Å². The number of aromatic amines is 1. The largest absolute Gasteiger partial charge is 0.465 e. The average molecular weight is 262 g/mol. The van der Waals surface area contributed by atoms with Gasteiger partial charge < -0.3 is 9.72 Å². The highest BCUT2D eigenvalue weighted by molar-refractivity contribution is 5.78. The third kappa shape index (κ3) is 2.57. The van der Waals surface area contributed by atoms with Gasteiger partial charge in [0.1, 0.15) is 6.54 Å². The number of hydrogen-bond acceptors (Lipinski definition) is 4. The third-order valence-electron chi connectivity index (χ3n) is 2.73. The normalized spacial score (nSPS) is 10.6. The van der Waals surface area contributed by atoms with Crippen LogP contribution in [0.15, 0.2) is 27.8 Å². The number of ether oxygens (including phenoxy) is 1. The molecule has 6 nitrogen and oxygen atoms in total. The Morgan fingerprint density at radius 1 is 1.37 bits per heavy atom. The van der Waals surface area contributed by atoms with Gasteiger partial charge in [0.05, 0.1) is 17.5 Å². The van der Waals surface area contributed by atoms with Crippen molar-refractivity contribution >= 4 is 16.9 Å². The number of H-pyrrole nitrogens is 1. The number of carbonyl (C=O) groups excluding carboxylic acids is 1. The smallest absolute Gasteiger partial charge is 0.329 e. The van der Waals surface area contributed by atoms with Gasteiger partial charge in [0.25, 0.3) is 5.56 Å². The molecule has 100 valence electrons. The number of esters is 1. The molecule has 0 spiro atoms. The maximum Gasteiger partial charge on any atom is 0.329 e. The van der Waals surface area contributed by atoms with Crippen LogP contribution in [0.5, 0.6) is 0 Å². The van der Waals surface area contributed by atoms with E-state index in [0.29, 0.717) is 10.9 Å². The van der Waals surface area contributed by atoms with E-state index in [1.54, 1.807) is 25.1 Å². The fourth-order valence-electron chi connectivity index (χ4n) is 1.84. The molecule has 19 heavy (non-hydrogen) atoms. The van der Waals surface area contributed by atoms with Crippen molar-refractivity contribution < 1.29 is 9.53 Å². The third-order valence-corrected chi connectivity index (χ3v) is 2.73. The van der Waals surface area contributed by atoms with E-state index in [9.17, 15) is 14.4 Å². The number of hydrogen-bond donors (Lipinski definition) is 1. The van der Waals surface area contributed by atoms with Crippen LogP contribution in [0.4, 0.5) is 0 Å². The van der Waals surface area contributed by atoms with E-state index in [0.717, 1.165) is 10.1 Å². The number of fused-ring (bicyclic) bond motifs is 1. The van der Waals surface area contributed by atoms with Gasteiger partial charge in [0.2, 0.25) is 0 Å². The molecule has 2 aromatic rings. The van der Waals surface area contributed by atoms with Crippen molar-refractivity contribution in [3.63, 3.8) is 0 Å². The highest BCUT2D eigenvalue weighted by Crippen LogP contribution is 2.07. The van der Waals surface area contributed by atoms with Crippen LogP contribution in [0, 0.1) is 6.92 Å². The van der Waals surface area contributed by atoms with Gasteiger partial charge in [-0.25, -0.2) is 9.36 Å². The minimum Gasteiger partial charge on any atom is -0.465 e. The fourth-order valence-corrected chi connectivity index (χ4v) is 1.84. The molecule has 0 atom stereocenters. The SMILES string of the molecule is CCOC(=O)Cn1c(=O)[nH]c2ccc(C)cc2c1=O. The lowest BCUT2D eigenvalue weighted by Gasteiger charge is -2.06. The number of rotatable bonds is 3. The summed E-state index contributed by atoms with van der Waals surface area (Å²) >= 11 is 0. The highest BCUT2D eigenvalue weighted by Gasteiger charge is 2.11. The Kier molecular flexibility index (Phi) is 3.50. The number of benzene rings is 1. The summed E-state index contributed by atoms with van der Waals surface area (Å²) in [6, 6.07) is 5.14. The fraction of sp³-hybridized carbons (Fsp3) is 0.308. The predicted octanol–water partition coefficient (Wildman–Crippen LogP) is 0.561. The van der Waals surface area contributed by atoms with E-state index in [4.69, 9.17) is 4.74 Å². The summed E-state index contributed by atoms with van der Waals surface area (Å²) in [6.07, 6.45) is 0. The summed E-state index contributed by atoms with van der Waals surface area (Å²) < 4.78 is 5.59. The molecule has 6 heteroatoms. The minimum absolute atomic E-state index is 0.207. The van der Waals surface area contributed by atoms with E-state index in [1.807, 2.05) is 6.92 Å². The van der Waals surface area contributed by atoms with Crippen LogP contribution in [0.1, 0.15) is 12.5 Å². The van der Waals surface area contributed by atoms with Crippen molar-refractivity contribution in [3.05, 3.63) is 44.6 Å². The summed E-state index contributed by atoms with van der Waals surface area (Å²) in [5.74, 6) is -0.609. The lowest BCUT2D eigenvalue weighted by molar-refractivity contribution is -0.143. The molecule has 1 heterocycles. The van der Waals surface area contributed by atoms with Crippen LogP contribution in [0.2, 0.25) is 0 Å². The molecule has 0 bridgehead atoms. The van der Waals surface area contributed by atoms with Crippen LogP contribution in [-0.4, -0.2) is 22.1 Å². The number of nitrogens with one attached hydrogen (secondary N) is 1. The molecule has 1 N–H and O–H groups in total. The van der Waals surface area contributed by atoms with E-state index in [-0.39, 0.29) is 13.2 Å². The lowest BCUT2D eigenvalue weighted by atomic mass is 10.2. The number of aromatic nitrogens is 2. The predicted molar refractivity (Wildman–Crippen MR) is 70.2 cm³/mol. The van der Waals surface area contributed by atoms with Gasteiger partial charge in [-0.15, -0.1) is 0 Å². The first-order chi connectivity index (χ1) is 9.02. The summed E-state index contributed by atoms with van der Waals surface area (Å²) in [4.78, 5) is 37.9. The summed E-state index contributed by atoms with van der Waals surface area (Å²) in [7, 11) is 0. The van der Waals surface area contributed by atoms with Crippen molar-refractivity contribution in [2.45, 2.75) is 20.4 Å². The van der Waals surface area contributed by atoms with Gasteiger partial charge in [0.15, 0.2) is 0 Å². The van der Waals surface area contributed by atoms with Crippen LogP contribution >= 0.6 is 0 Å². The highest BCUT2D eigenvalue weighted by atomic mass is 16.5. The second kappa shape index (κ2) is 5.09. The molecule has 2 rings (SSSR count). The molecule has 0 radical (unpaired) electrons. The molecule has 0 saturated carbocycles. The topological polar surface area (TPSA) is 81.2 Å². The van der Waals surface area contributed by atoms with Crippen LogP contribution < -0.4 is 11.2 Å². The van der Waals surface area contributed by atoms with Gasteiger partial charge in [-0.3, -0.25) is 9.59 Å². The lowest BCUT2D eigenvalue weighted by Crippen LogP contribution is -2.37. The van der Waals surface area contributed by atoms with E-state index in [1.165, 1.54) is 0 Å². The summed E-state index contributed by atoms with van der Waals surface area (Å²) in [5.41, 5.74) is 0.255. The standard InChI is InChI=1S/C13H14N2O4/c1-3-19-11(16)7-15-12(17)9-6-8(2)4-5-10(9)14-13(15)18/h4-6H,3,7H2,1-2H3,(H,14,18). The molecule has 0 unspecified atom stereocenters. The van der Waals surface area contributed by atoms with Crippen LogP contribution in [0.3, 0.4) is 0 Å². The minimum atomic E-state index is -0.616. The number of aryl methyl sites for hydroxylation is 1. The first kappa shape index (κ1) is 13.1. The van der Waals surface area contributed by atoms with Crippen LogP contribution in [0.25, 0.3) is 10.9 Å². The molecule has 1 aromatic heterocycles. The van der Waals surface area contributed by atoms with Gasteiger partial charge >= 0.3 is 11.7 Å². The zero-order valence-corrected chi connectivity index (χ0v) is 10.7. The summed E-state index contributed by atoms with van der Waals surface area (Å²) in [6.45, 7) is 3.33. The Bertz CT molecular complexity index is 742. The van der Waals surface area contributed by atoms with E-state index >= 15 is 0 Å². The van der Waals surface area contributed by atoms with Gasteiger partial charge in [0, 0.05) is 0 Å². The van der Waals surface area contributed by atoms with Crippen molar-refractivity contribution in [2.75, 3.05) is 6.61 Å². The van der Waals surface area contributed by atoms with Gasteiger partial charge in [-0.2, -0.15) is 0 Å². The zero-order chi connectivity index (χ0) is 14.0. The van der Waals surface area contributed by atoms with Crippen molar-refractivity contribution in [2.24, 2.45) is 0 Å². The average Bonchev–Trinajstić information content (AvgIpc) is 2.36. The molecule has 0 aliphatic rings. The molecule has 1 aromatic carbocycles. The first-order valence-corrected chi connectivity index (χ1v) is 5.92. The Morgan fingerprint density at radius 2 is 2.11 bits per heavy atom. The number of carbonyl (C=O) groups is 1. The van der Waals surface area contributed by atoms with Crippen molar-refractivity contribution in [3.8, 4) is 0 Å². The Hall–Kier alpha value is -2.37. The molecule has 0 saturated heterocycles. The molecule has 0 fully saturated rings. The van der Waals surface area contributed by atoms with E-state index in [2.05, 4.69) is 4.98 Å². The monoisotopic (exact) mass is 262 g/mol. The second-order valence-electron chi connectivity index (χ2n) is 4.18. The molecule has 0 amide bonds. The molecule has 0 aliphatic carbocycles. The molecular weight excluding hydrogens is 248 g/mol. The second-order valence-corrected chi connectivity index (χ2v) is 4.18. The van der Waals surface area contributed by atoms with Gasteiger partial charge in [-0.05, 0) is 26.0 Å². The molecule has 0 aliphatic heterocycles. The van der Waals surface area contributed by atoms with E-state index < -0.39 is 17.2 Å². The number of nitrogens with zero attached hydrogens (tertiary/aromatic N) is 1. The Morgan fingerprint density at radius 3 is 2.79 bits per heavy atom.